The number of nitrogens with zero attached hydrogens (tertiary/aromatic N) is 3. The van der Waals surface area contributed by atoms with Crippen molar-refractivity contribution in [1.82, 2.24) is 14.9 Å². The zero-order valence-electron chi connectivity index (χ0n) is 13.5. The Labute approximate surface area is 142 Å². The van der Waals surface area contributed by atoms with E-state index in [4.69, 9.17) is 0 Å². The first-order valence-corrected chi connectivity index (χ1v) is 7.89. The minimum absolute atomic E-state index is 0.0266. The van der Waals surface area contributed by atoms with Gasteiger partial charge in [0, 0.05) is 24.5 Å². The smallest absolute Gasteiger partial charge is 0.406 e. The number of hydrogen-bond donors (Lipinski definition) is 1. The number of fused-ring (bicyclic) bond motifs is 1. The summed E-state index contributed by atoms with van der Waals surface area (Å²) < 4.78 is 40.9. The van der Waals surface area contributed by atoms with Crippen LogP contribution in [0.5, 0.6) is 5.75 Å². The second-order valence-corrected chi connectivity index (χ2v) is 5.85. The van der Waals surface area contributed by atoms with Gasteiger partial charge in [-0.1, -0.05) is 0 Å². The minimum atomic E-state index is -4.77. The van der Waals surface area contributed by atoms with E-state index in [9.17, 15) is 18.0 Å². The van der Waals surface area contributed by atoms with E-state index >= 15 is 0 Å². The fourth-order valence-electron chi connectivity index (χ4n) is 2.83. The molecule has 1 N–H and O–H groups in total. The molecule has 0 aliphatic carbocycles. The average Bonchev–Trinajstić information content (AvgIpc) is 3.07. The van der Waals surface area contributed by atoms with Crippen molar-refractivity contribution in [2.24, 2.45) is 0 Å². The number of likely N-dealkylation sites (tertiary alicyclic amines) is 1. The summed E-state index contributed by atoms with van der Waals surface area (Å²) in [5.74, 6) is 0.00994. The summed E-state index contributed by atoms with van der Waals surface area (Å²) in [7, 11) is 0. The highest BCUT2D eigenvalue weighted by molar-refractivity contribution is 5.92. The quantitative estimate of drug-likeness (QED) is 0.914. The predicted molar refractivity (Wildman–Crippen MR) is 85.1 cm³/mol. The summed E-state index contributed by atoms with van der Waals surface area (Å²) in [6.45, 7) is 3.22. The van der Waals surface area contributed by atoms with E-state index in [0.717, 1.165) is 25.9 Å². The van der Waals surface area contributed by atoms with Gasteiger partial charge in [-0.05, 0) is 31.9 Å². The molecule has 0 spiro atoms. The molecule has 1 saturated heterocycles. The Balaban J connectivity index is 1.80. The molecule has 0 bridgehead atoms. The number of rotatable bonds is 4. The van der Waals surface area contributed by atoms with Gasteiger partial charge in [0.2, 0.25) is 5.91 Å². The molecule has 25 heavy (non-hydrogen) atoms. The Kier molecular flexibility index (Phi) is 4.65. The van der Waals surface area contributed by atoms with Gasteiger partial charge < -0.3 is 15.0 Å². The minimum Gasteiger partial charge on any atom is -0.406 e. The van der Waals surface area contributed by atoms with E-state index in [1.54, 1.807) is 11.8 Å². The SMILES string of the molecule is C[C@@H](Nc1ncnc2cc(OC(F)(F)F)ccc12)C(=O)N1CCCC1. The van der Waals surface area contributed by atoms with E-state index < -0.39 is 12.4 Å². The van der Waals surface area contributed by atoms with Crippen molar-refractivity contribution in [3.8, 4) is 5.75 Å². The number of aromatic nitrogens is 2. The molecule has 3 rings (SSSR count). The molecule has 134 valence electrons. The lowest BCUT2D eigenvalue weighted by Crippen LogP contribution is -2.39. The van der Waals surface area contributed by atoms with Crippen molar-refractivity contribution in [3.05, 3.63) is 24.5 Å². The van der Waals surface area contributed by atoms with E-state index in [2.05, 4.69) is 20.0 Å². The van der Waals surface area contributed by atoms with Gasteiger partial charge in [-0.15, -0.1) is 13.2 Å². The molecule has 2 aromatic rings. The third-order valence-corrected chi connectivity index (χ3v) is 3.98. The van der Waals surface area contributed by atoms with Crippen LogP contribution in [0, 0.1) is 0 Å². The van der Waals surface area contributed by atoms with Crippen LogP contribution in [-0.4, -0.2) is 46.3 Å². The monoisotopic (exact) mass is 354 g/mol. The van der Waals surface area contributed by atoms with Gasteiger partial charge in [-0.25, -0.2) is 9.97 Å². The Morgan fingerprint density at radius 2 is 2.00 bits per heavy atom. The summed E-state index contributed by atoms with van der Waals surface area (Å²) in [5.41, 5.74) is 0.292. The second kappa shape index (κ2) is 6.73. The molecule has 1 amide bonds. The van der Waals surface area contributed by atoms with Crippen molar-refractivity contribution in [1.29, 1.82) is 0 Å². The number of hydrogen-bond acceptors (Lipinski definition) is 5. The maximum Gasteiger partial charge on any atom is 0.573 e. The maximum absolute atomic E-state index is 12.4. The Morgan fingerprint density at radius 1 is 1.28 bits per heavy atom. The van der Waals surface area contributed by atoms with Crippen molar-refractivity contribution in [2.45, 2.75) is 32.2 Å². The number of alkyl halides is 3. The lowest BCUT2D eigenvalue weighted by molar-refractivity contribution is -0.274. The van der Waals surface area contributed by atoms with Crippen LogP contribution < -0.4 is 10.1 Å². The lowest BCUT2D eigenvalue weighted by atomic mass is 10.2. The van der Waals surface area contributed by atoms with E-state index in [0.29, 0.717) is 16.7 Å². The number of halogens is 3. The lowest BCUT2D eigenvalue weighted by Gasteiger charge is -2.22. The van der Waals surface area contributed by atoms with Crippen LogP contribution >= 0.6 is 0 Å². The number of ether oxygens (including phenoxy) is 1. The van der Waals surface area contributed by atoms with Crippen LogP contribution in [0.3, 0.4) is 0 Å². The van der Waals surface area contributed by atoms with Gasteiger partial charge in [0.1, 0.15) is 23.9 Å². The van der Waals surface area contributed by atoms with Crippen LogP contribution in [0.15, 0.2) is 24.5 Å². The highest BCUT2D eigenvalue weighted by Crippen LogP contribution is 2.28. The number of anilines is 1. The Hall–Kier alpha value is -2.58. The molecule has 0 radical (unpaired) electrons. The second-order valence-electron chi connectivity index (χ2n) is 5.85. The average molecular weight is 354 g/mol. The molecule has 1 aromatic heterocycles. The highest BCUT2D eigenvalue weighted by atomic mass is 19.4. The molecule has 0 unspecified atom stereocenters. The van der Waals surface area contributed by atoms with E-state index in [-0.39, 0.29) is 11.7 Å². The van der Waals surface area contributed by atoms with Crippen molar-refractivity contribution >= 4 is 22.6 Å². The molecular weight excluding hydrogens is 337 g/mol. The third-order valence-electron chi connectivity index (χ3n) is 3.98. The molecule has 0 saturated carbocycles. The summed E-state index contributed by atoms with van der Waals surface area (Å²) in [4.78, 5) is 22.2. The zero-order valence-corrected chi connectivity index (χ0v) is 13.5. The van der Waals surface area contributed by atoms with Crippen LogP contribution in [0.2, 0.25) is 0 Å². The fourth-order valence-corrected chi connectivity index (χ4v) is 2.83. The van der Waals surface area contributed by atoms with Crippen LogP contribution in [0.1, 0.15) is 19.8 Å². The van der Waals surface area contributed by atoms with Gasteiger partial charge >= 0.3 is 6.36 Å². The highest BCUT2D eigenvalue weighted by Gasteiger charge is 2.31. The topological polar surface area (TPSA) is 67.4 Å². The summed E-state index contributed by atoms with van der Waals surface area (Å²) in [5, 5.41) is 3.54. The first kappa shape index (κ1) is 17.2. The molecule has 1 atom stereocenters. The third kappa shape index (κ3) is 4.09. The first-order valence-electron chi connectivity index (χ1n) is 7.89. The van der Waals surface area contributed by atoms with Crippen molar-refractivity contribution in [3.63, 3.8) is 0 Å². The summed E-state index contributed by atoms with van der Waals surface area (Å²) in [6, 6.07) is 3.31. The van der Waals surface area contributed by atoms with Gasteiger partial charge in [0.05, 0.1) is 5.52 Å². The standard InChI is InChI=1S/C16H17F3N4O2/c1-10(15(24)23-6-2-3-7-23)22-14-12-5-4-11(25-16(17,18)19)8-13(12)20-9-21-14/h4-5,8-10H,2-3,6-7H2,1H3,(H,20,21,22)/t10-/m1/s1. The normalized spacial score (nSPS) is 16.1. The van der Waals surface area contributed by atoms with Crippen LogP contribution in [-0.2, 0) is 4.79 Å². The zero-order chi connectivity index (χ0) is 18.0. The van der Waals surface area contributed by atoms with Gasteiger partial charge in [0.15, 0.2) is 0 Å². The molecule has 1 aromatic carbocycles. The van der Waals surface area contributed by atoms with E-state index in [1.165, 1.54) is 24.5 Å². The molecule has 2 heterocycles. The van der Waals surface area contributed by atoms with Crippen LogP contribution in [0.25, 0.3) is 10.9 Å². The fraction of sp³-hybridized carbons (Fsp3) is 0.438. The van der Waals surface area contributed by atoms with Crippen LogP contribution in [0.4, 0.5) is 19.0 Å². The molecule has 6 nitrogen and oxygen atoms in total. The van der Waals surface area contributed by atoms with E-state index in [1.807, 2.05) is 0 Å². The molecule has 1 aliphatic rings. The molecule has 1 fully saturated rings. The van der Waals surface area contributed by atoms with Gasteiger partial charge in [-0.3, -0.25) is 4.79 Å². The van der Waals surface area contributed by atoms with Crippen molar-refractivity contribution < 1.29 is 22.7 Å². The molecule has 1 aliphatic heterocycles. The number of carbonyl (C=O) groups is 1. The molecular formula is C16H17F3N4O2. The van der Waals surface area contributed by atoms with Crippen molar-refractivity contribution in [2.75, 3.05) is 18.4 Å². The number of benzene rings is 1. The van der Waals surface area contributed by atoms with Gasteiger partial charge in [0.25, 0.3) is 0 Å². The Morgan fingerprint density at radius 3 is 2.68 bits per heavy atom. The maximum atomic E-state index is 12.4. The summed E-state index contributed by atoms with van der Waals surface area (Å²) in [6.07, 6.45) is -1.54. The van der Waals surface area contributed by atoms with Gasteiger partial charge in [-0.2, -0.15) is 0 Å². The summed E-state index contributed by atoms with van der Waals surface area (Å²) >= 11 is 0. The number of amides is 1. The number of nitrogens with one attached hydrogen (secondary N) is 1. The Bertz CT molecular complexity index is 776. The number of carbonyl (C=O) groups excluding carboxylic acids is 1. The predicted octanol–water partition coefficient (Wildman–Crippen LogP) is 2.95. The first-order chi connectivity index (χ1) is 11.8. The largest absolute Gasteiger partial charge is 0.573 e. The molecule has 9 heteroatoms.